The number of amides is 2. The highest BCUT2D eigenvalue weighted by atomic mass is 16.5. The Morgan fingerprint density at radius 2 is 2.04 bits per heavy atom. The van der Waals surface area contributed by atoms with Gasteiger partial charge in [0.1, 0.15) is 11.5 Å². The van der Waals surface area contributed by atoms with Crippen LogP contribution in [0.1, 0.15) is 6.42 Å². The minimum absolute atomic E-state index is 0.0750. The van der Waals surface area contributed by atoms with Crippen molar-refractivity contribution in [3.63, 3.8) is 0 Å². The molecule has 2 amide bonds. The van der Waals surface area contributed by atoms with E-state index in [9.17, 15) is 14.7 Å². The van der Waals surface area contributed by atoms with Gasteiger partial charge in [0.25, 0.3) is 0 Å². The number of hydrogen-bond acceptors (Lipinski definition) is 4. The molecule has 1 heterocycles. The summed E-state index contributed by atoms with van der Waals surface area (Å²) in [6.07, 6.45) is 0.142. The average Bonchev–Trinajstić information content (AvgIpc) is 2.96. The molecule has 1 atom stereocenters. The summed E-state index contributed by atoms with van der Waals surface area (Å²) in [6, 6.07) is 13.6. The van der Waals surface area contributed by atoms with Crippen molar-refractivity contribution in [2.45, 2.75) is 6.42 Å². The van der Waals surface area contributed by atoms with Crippen molar-refractivity contribution in [1.82, 2.24) is 0 Å². The first-order chi connectivity index (χ1) is 11.6. The van der Waals surface area contributed by atoms with Crippen LogP contribution in [0, 0.1) is 5.92 Å². The zero-order valence-corrected chi connectivity index (χ0v) is 13.2. The van der Waals surface area contributed by atoms with E-state index in [4.69, 9.17) is 4.74 Å². The lowest BCUT2D eigenvalue weighted by Gasteiger charge is -2.19. The SMILES string of the molecule is COc1ccccc1N1CC(C(=O)Nc2cccc(O)c2)CC1=O. The number of anilines is 2. The highest BCUT2D eigenvalue weighted by Gasteiger charge is 2.36. The van der Waals surface area contributed by atoms with Crippen molar-refractivity contribution < 1.29 is 19.4 Å². The first kappa shape index (κ1) is 15.9. The summed E-state index contributed by atoms with van der Waals surface area (Å²) >= 11 is 0. The summed E-state index contributed by atoms with van der Waals surface area (Å²) in [5.74, 6) is -0.141. The number of ether oxygens (including phenoxy) is 1. The van der Waals surface area contributed by atoms with E-state index in [1.54, 1.807) is 36.3 Å². The standard InChI is InChI=1S/C18H18N2O4/c1-24-16-8-3-2-7-15(16)20-11-12(9-17(20)22)18(23)19-13-5-4-6-14(21)10-13/h2-8,10,12,21H,9,11H2,1H3,(H,19,23). The molecule has 24 heavy (non-hydrogen) atoms. The summed E-state index contributed by atoms with van der Waals surface area (Å²) in [7, 11) is 1.55. The van der Waals surface area contributed by atoms with E-state index in [1.165, 1.54) is 12.1 Å². The maximum atomic E-state index is 12.4. The van der Waals surface area contributed by atoms with Crippen LogP contribution in [-0.4, -0.2) is 30.6 Å². The molecule has 3 rings (SSSR count). The largest absolute Gasteiger partial charge is 0.508 e. The molecule has 2 aromatic rings. The molecule has 2 N–H and O–H groups in total. The van der Waals surface area contributed by atoms with Gasteiger partial charge < -0.3 is 20.1 Å². The Morgan fingerprint density at radius 3 is 2.79 bits per heavy atom. The van der Waals surface area contributed by atoms with Crippen LogP contribution in [0.5, 0.6) is 11.5 Å². The molecule has 0 bridgehead atoms. The number of nitrogens with zero attached hydrogens (tertiary/aromatic N) is 1. The van der Waals surface area contributed by atoms with Crippen molar-refractivity contribution in [3.05, 3.63) is 48.5 Å². The number of benzene rings is 2. The van der Waals surface area contributed by atoms with Gasteiger partial charge in [-0.3, -0.25) is 9.59 Å². The number of phenols is 1. The Bertz CT molecular complexity index is 775. The zero-order valence-electron chi connectivity index (χ0n) is 13.2. The molecule has 0 spiro atoms. The second-order valence-corrected chi connectivity index (χ2v) is 5.62. The Balaban J connectivity index is 1.73. The van der Waals surface area contributed by atoms with E-state index in [0.29, 0.717) is 23.7 Å². The Labute approximate surface area is 139 Å². The number of methoxy groups -OCH3 is 1. The third kappa shape index (κ3) is 3.17. The third-order valence-electron chi connectivity index (χ3n) is 3.99. The van der Waals surface area contributed by atoms with Gasteiger partial charge >= 0.3 is 0 Å². The molecule has 1 aliphatic heterocycles. The van der Waals surface area contributed by atoms with Crippen LogP contribution < -0.4 is 15.0 Å². The van der Waals surface area contributed by atoms with Gasteiger partial charge in [0.05, 0.1) is 18.7 Å². The maximum absolute atomic E-state index is 12.4. The predicted molar refractivity (Wildman–Crippen MR) is 90.2 cm³/mol. The number of para-hydroxylation sites is 2. The second kappa shape index (κ2) is 6.62. The molecular weight excluding hydrogens is 308 g/mol. The highest BCUT2D eigenvalue weighted by molar-refractivity contribution is 6.04. The lowest BCUT2D eigenvalue weighted by atomic mass is 10.1. The average molecular weight is 326 g/mol. The van der Waals surface area contributed by atoms with Gasteiger partial charge in [-0.1, -0.05) is 18.2 Å². The molecule has 1 unspecified atom stereocenters. The van der Waals surface area contributed by atoms with Crippen LogP contribution in [0.2, 0.25) is 0 Å². The maximum Gasteiger partial charge on any atom is 0.229 e. The van der Waals surface area contributed by atoms with Crippen molar-refractivity contribution in [1.29, 1.82) is 0 Å². The van der Waals surface area contributed by atoms with Gasteiger partial charge in [-0.05, 0) is 24.3 Å². The fraction of sp³-hybridized carbons (Fsp3) is 0.222. The summed E-state index contributed by atoms with van der Waals surface area (Å²) < 4.78 is 5.29. The minimum atomic E-state index is -0.454. The number of phenolic OH excluding ortho intramolecular Hbond substituents is 1. The molecule has 0 radical (unpaired) electrons. The van der Waals surface area contributed by atoms with Gasteiger partial charge in [-0.15, -0.1) is 0 Å². The van der Waals surface area contributed by atoms with Gasteiger partial charge in [-0.25, -0.2) is 0 Å². The van der Waals surface area contributed by atoms with Crippen LogP contribution in [0.4, 0.5) is 11.4 Å². The number of carbonyl (C=O) groups is 2. The lowest BCUT2D eigenvalue weighted by molar-refractivity contribution is -0.122. The lowest BCUT2D eigenvalue weighted by Crippen LogP contribution is -2.28. The molecule has 6 nitrogen and oxygen atoms in total. The summed E-state index contributed by atoms with van der Waals surface area (Å²) in [6.45, 7) is 0.295. The molecule has 0 aromatic heterocycles. The number of nitrogens with one attached hydrogen (secondary N) is 1. The molecule has 124 valence electrons. The Morgan fingerprint density at radius 1 is 1.25 bits per heavy atom. The fourth-order valence-electron chi connectivity index (χ4n) is 2.80. The van der Waals surface area contributed by atoms with Crippen molar-refractivity contribution >= 4 is 23.2 Å². The van der Waals surface area contributed by atoms with E-state index in [2.05, 4.69) is 5.32 Å². The van der Waals surface area contributed by atoms with Crippen LogP contribution in [0.3, 0.4) is 0 Å². The second-order valence-electron chi connectivity index (χ2n) is 5.62. The van der Waals surface area contributed by atoms with Crippen LogP contribution in [-0.2, 0) is 9.59 Å². The molecular formula is C18H18N2O4. The predicted octanol–water partition coefficient (Wildman–Crippen LogP) is 2.39. The monoisotopic (exact) mass is 326 g/mol. The zero-order chi connectivity index (χ0) is 17.1. The van der Waals surface area contributed by atoms with E-state index in [1.807, 2.05) is 12.1 Å². The van der Waals surface area contributed by atoms with Crippen molar-refractivity contribution in [2.24, 2.45) is 5.92 Å². The quantitative estimate of drug-likeness (QED) is 0.904. The number of aromatic hydroxyl groups is 1. The number of hydrogen-bond donors (Lipinski definition) is 2. The topological polar surface area (TPSA) is 78.9 Å². The summed E-state index contributed by atoms with van der Waals surface area (Å²) in [5.41, 5.74) is 1.17. The van der Waals surface area contributed by atoms with Gasteiger partial charge in [0.2, 0.25) is 11.8 Å². The molecule has 0 saturated carbocycles. The van der Waals surface area contributed by atoms with Crippen LogP contribution in [0.15, 0.2) is 48.5 Å². The molecule has 2 aromatic carbocycles. The van der Waals surface area contributed by atoms with E-state index in [-0.39, 0.29) is 24.0 Å². The van der Waals surface area contributed by atoms with Crippen molar-refractivity contribution in [2.75, 3.05) is 23.9 Å². The van der Waals surface area contributed by atoms with E-state index < -0.39 is 5.92 Å². The molecule has 0 aliphatic carbocycles. The number of carbonyl (C=O) groups excluding carboxylic acids is 2. The molecule has 1 fully saturated rings. The normalized spacial score (nSPS) is 17.0. The Hall–Kier alpha value is -3.02. The summed E-state index contributed by atoms with van der Waals surface area (Å²) in [4.78, 5) is 26.3. The smallest absolute Gasteiger partial charge is 0.229 e. The molecule has 1 saturated heterocycles. The fourth-order valence-corrected chi connectivity index (χ4v) is 2.80. The van der Waals surface area contributed by atoms with E-state index >= 15 is 0 Å². The highest BCUT2D eigenvalue weighted by Crippen LogP contribution is 2.33. The van der Waals surface area contributed by atoms with E-state index in [0.717, 1.165) is 0 Å². The van der Waals surface area contributed by atoms with Gasteiger partial charge in [0.15, 0.2) is 0 Å². The van der Waals surface area contributed by atoms with Gasteiger partial charge in [-0.2, -0.15) is 0 Å². The molecule has 1 aliphatic rings. The number of rotatable bonds is 4. The Kier molecular flexibility index (Phi) is 4.37. The minimum Gasteiger partial charge on any atom is -0.508 e. The molecule has 6 heteroatoms. The van der Waals surface area contributed by atoms with Crippen LogP contribution >= 0.6 is 0 Å². The summed E-state index contributed by atoms with van der Waals surface area (Å²) in [5, 5.41) is 12.2. The first-order valence-electron chi connectivity index (χ1n) is 7.62. The van der Waals surface area contributed by atoms with Gasteiger partial charge in [0, 0.05) is 24.7 Å². The first-order valence-corrected chi connectivity index (χ1v) is 7.62. The van der Waals surface area contributed by atoms with Crippen molar-refractivity contribution in [3.8, 4) is 11.5 Å². The van der Waals surface area contributed by atoms with Crippen LogP contribution in [0.25, 0.3) is 0 Å². The third-order valence-corrected chi connectivity index (χ3v) is 3.99.